The largest absolute Gasteiger partial charge is 0.481 e. The number of thioether (sulfide) groups is 1. The Balaban J connectivity index is 1.26. The van der Waals surface area contributed by atoms with Crippen LogP contribution in [0.2, 0.25) is 0 Å². The van der Waals surface area contributed by atoms with Crippen molar-refractivity contribution in [2.75, 3.05) is 51.7 Å². The highest BCUT2D eigenvalue weighted by Gasteiger charge is 2.41. The Bertz CT molecular complexity index is 4010. The lowest BCUT2D eigenvalue weighted by atomic mass is 10.00. The molecule has 0 spiro atoms. The zero-order valence-electron chi connectivity index (χ0n) is 62.7. The summed E-state index contributed by atoms with van der Waals surface area (Å²) in [6.45, 7) is -2.85. The number of amides is 9. The first-order valence-corrected chi connectivity index (χ1v) is 38.1. The molecule has 3 aromatic carbocycles. The Morgan fingerprint density at radius 2 is 1.09 bits per heavy atom. The number of aliphatic hydroxyl groups excluding tert-OH is 10. The van der Waals surface area contributed by atoms with Gasteiger partial charge in [-0.3, -0.25) is 66.8 Å². The van der Waals surface area contributed by atoms with E-state index in [2.05, 4.69) is 37.2 Å². The lowest BCUT2D eigenvalue weighted by Crippen LogP contribution is -2.58. The lowest BCUT2D eigenvalue weighted by molar-refractivity contribution is -0.142. The van der Waals surface area contributed by atoms with Crippen molar-refractivity contribution in [1.29, 1.82) is 0 Å². The average molecular weight is 1630 g/mol. The normalized spacial score (nSPS) is 16.3. The summed E-state index contributed by atoms with van der Waals surface area (Å²) in [5, 5.41) is 135. The second-order valence-electron chi connectivity index (χ2n) is 27.4. The fraction of sp³-hybridized carbons (Fsp3) is 0.554. The second-order valence-corrected chi connectivity index (χ2v) is 28.7. The van der Waals surface area contributed by atoms with Gasteiger partial charge in [0, 0.05) is 94.3 Å². The van der Waals surface area contributed by atoms with Crippen LogP contribution in [-0.2, 0) is 72.3 Å². The topological polar surface area (TPSA) is 614 Å². The lowest BCUT2D eigenvalue weighted by Gasteiger charge is -2.27. The van der Waals surface area contributed by atoms with E-state index in [4.69, 9.17) is 16.6 Å². The monoisotopic (exact) mass is 1630 g/mol. The molecule has 14 atom stereocenters. The molecule has 0 radical (unpaired) electrons. The molecule has 1 aliphatic rings. The quantitative estimate of drug-likeness (QED) is 0.0146. The summed E-state index contributed by atoms with van der Waals surface area (Å²) in [7, 11) is 0. The van der Waals surface area contributed by atoms with Crippen LogP contribution in [0.5, 0.6) is 0 Å². The molecule has 40 heteroatoms. The zero-order chi connectivity index (χ0) is 84.5. The fourth-order valence-electron chi connectivity index (χ4n) is 12.1. The van der Waals surface area contributed by atoms with Gasteiger partial charge >= 0.3 is 17.6 Å². The number of hydrogen-bond donors (Lipinski definition) is 21. The first kappa shape index (κ1) is 95.0. The highest BCUT2D eigenvalue weighted by atomic mass is 32.2. The van der Waals surface area contributed by atoms with Gasteiger partial charge in [-0.05, 0) is 80.7 Å². The molecule has 1 aromatic heterocycles. The Morgan fingerprint density at radius 1 is 0.570 bits per heavy atom. The second kappa shape index (κ2) is 48.0. The number of imide groups is 1. The molecule has 0 aliphatic carbocycles. The number of nitrogens with one attached hydrogen (secondary N) is 7. The number of aryl methyl sites for hydroxylation is 1. The van der Waals surface area contributed by atoms with Gasteiger partial charge in [0.05, 0.1) is 49.3 Å². The van der Waals surface area contributed by atoms with Crippen LogP contribution in [0.1, 0.15) is 125 Å². The van der Waals surface area contributed by atoms with Crippen LogP contribution in [0.4, 0.5) is 8.78 Å². The first-order valence-electron chi connectivity index (χ1n) is 37.1. The molecule has 1 saturated heterocycles. The van der Waals surface area contributed by atoms with E-state index in [1.54, 1.807) is 54.6 Å². The summed E-state index contributed by atoms with van der Waals surface area (Å²) in [5.41, 5.74) is 12.0. The molecule has 1 unspecified atom stereocenters. The smallest absolute Gasteiger partial charge is 0.331 e. The third-order valence-electron chi connectivity index (χ3n) is 18.9. The predicted molar refractivity (Wildman–Crippen MR) is 403 cm³/mol. The van der Waals surface area contributed by atoms with Crippen LogP contribution < -0.4 is 59.9 Å². The Morgan fingerprint density at radius 3 is 1.64 bits per heavy atom. The Kier molecular flexibility index (Phi) is 40.0. The highest BCUT2D eigenvalue weighted by molar-refractivity contribution is 8.00. The molecular formula is C74H104F2N12O25S. The van der Waals surface area contributed by atoms with Gasteiger partial charge in [-0.15, -0.1) is 11.8 Å². The van der Waals surface area contributed by atoms with Crippen molar-refractivity contribution in [1.82, 2.24) is 51.3 Å². The van der Waals surface area contributed by atoms with Crippen LogP contribution in [0.15, 0.2) is 82.4 Å². The molecule has 114 heavy (non-hydrogen) atoms. The molecule has 4 aromatic rings. The number of aliphatic carboxylic acids is 2. The van der Waals surface area contributed by atoms with Gasteiger partial charge in [0.15, 0.2) is 0 Å². The van der Waals surface area contributed by atoms with Crippen molar-refractivity contribution in [2.24, 2.45) is 11.5 Å². The minimum absolute atomic E-state index is 0.0179. The molecule has 1 fully saturated rings. The third-order valence-corrected chi connectivity index (χ3v) is 20.2. The molecule has 630 valence electrons. The van der Waals surface area contributed by atoms with E-state index >= 15 is 8.78 Å². The average Bonchev–Trinajstić information content (AvgIpc) is 0.868. The number of rotatable bonds is 52. The van der Waals surface area contributed by atoms with Gasteiger partial charge in [-0.2, -0.15) is 0 Å². The third kappa shape index (κ3) is 29.7. The SMILES string of the molecule is Cc1c(-c2cccc(CCC(=O)NCCCCCCCC(=O)N[C@H](CCC(=O)NC[C@H](O)[C@@H](O)[C@H](O)[C@H](O)CO)C(=O)N[C@H](CCCC(=O)O)C(=O)N[C@H](CCC(=O)NC[C@H](O)[C@@H](O)[C@H](O)[C@H](O)CO)C(=O)N[C@H](CSC3CC(=O)N(CCN)C3=O)C(=O)O)c2)c(=O)n(C[C@@H](N)c2ccccc2)c(=O)n1Cc1c(F)cccc1F. The van der Waals surface area contributed by atoms with Crippen molar-refractivity contribution < 1.29 is 123 Å². The number of likely N-dealkylation sites (tertiary alicyclic amines) is 1. The van der Waals surface area contributed by atoms with Crippen molar-refractivity contribution >= 4 is 76.9 Å². The number of aromatic nitrogens is 2. The van der Waals surface area contributed by atoms with Gasteiger partial charge in [0.25, 0.3) is 5.56 Å². The van der Waals surface area contributed by atoms with Gasteiger partial charge in [-0.25, -0.2) is 18.4 Å². The molecule has 2 heterocycles. The summed E-state index contributed by atoms with van der Waals surface area (Å²) in [6, 6.07) is 10.6. The van der Waals surface area contributed by atoms with Gasteiger partial charge in [0.1, 0.15) is 72.4 Å². The molecule has 5 rings (SSSR count). The van der Waals surface area contributed by atoms with E-state index < -0.39 is 249 Å². The summed E-state index contributed by atoms with van der Waals surface area (Å²) in [6.07, 6.45) is -18.3. The number of aliphatic hydroxyl groups is 10. The highest BCUT2D eigenvalue weighted by Crippen LogP contribution is 2.27. The minimum Gasteiger partial charge on any atom is -0.481 e. The molecule has 1 aliphatic heterocycles. The predicted octanol–water partition coefficient (Wildman–Crippen LogP) is -4.84. The first-order chi connectivity index (χ1) is 54.1. The Hall–Kier alpha value is -9.56. The summed E-state index contributed by atoms with van der Waals surface area (Å²) in [4.78, 5) is 175. The van der Waals surface area contributed by atoms with E-state index in [1.165, 1.54) is 13.0 Å². The number of hydrogen-bond acceptors (Lipinski definition) is 26. The zero-order valence-corrected chi connectivity index (χ0v) is 63.5. The number of unbranched alkanes of at least 4 members (excludes halogenated alkanes) is 4. The van der Waals surface area contributed by atoms with Gasteiger partial charge in [-0.1, -0.05) is 79.9 Å². The number of benzene rings is 3. The molecular weight excluding hydrogens is 1530 g/mol. The fourth-order valence-corrected chi connectivity index (χ4v) is 13.3. The maximum atomic E-state index is 15.0. The van der Waals surface area contributed by atoms with Crippen molar-refractivity contribution in [3.05, 3.63) is 128 Å². The van der Waals surface area contributed by atoms with Crippen molar-refractivity contribution in [3.8, 4) is 11.1 Å². The number of nitrogens with two attached hydrogens (primary N) is 2. The number of carbonyl (C=O) groups is 11. The van der Waals surface area contributed by atoms with Crippen molar-refractivity contribution in [3.63, 3.8) is 0 Å². The maximum Gasteiger partial charge on any atom is 0.331 e. The van der Waals surface area contributed by atoms with E-state index in [0.717, 1.165) is 26.2 Å². The number of carboxylic acid groups (broad SMARTS) is 2. The molecule has 23 N–H and O–H groups in total. The van der Waals surface area contributed by atoms with Crippen molar-refractivity contribution in [2.45, 2.75) is 207 Å². The molecule has 0 saturated carbocycles. The summed E-state index contributed by atoms with van der Waals surface area (Å²) in [5.74, 6) is -13.4. The standard InChI is InChI=1S/C74H104F2N12O25S/c1-40-63(72(110)88(36-47(78)42-14-6-5-7-15-42)74(113)87(40)35-44-45(75)17-11-18-46(44)76)43-16-10-13-41(31-43)22-25-57(95)79-29-9-4-2-3-8-20-60(98)82-49(23-26-58(96)80-33-52(91)64(102)66(104)54(93)37-89)69(107)83-48(19-12-21-62(100)101)68(106)84-50(24-27-59(97)81-34-53(92)65(103)67(105)55(94)38-90)70(108)85-51(73(111)112)39-114-56-32-61(99)86(30-28-77)71(56)109/h5-7,10-11,13-18,31,47-56,64-67,89-94,102-105H,2-4,8-9,12,19-30,32-39,77-78H2,1H3,(H,79,95)(H,80,96)(H,81,97)(H,82,98)(H,83,107)(H,84,106)(H,85,108)(H,100,101)(H,111,112)/t47-,48-,49-,50-,51-,52+,53+,54-,55-,56?,64-,65-,66-,67-/m1/s1. The number of halogens is 2. The summed E-state index contributed by atoms with van der Waals surface area (Å²) >= 11 is 0.697. The summed E-state index contributed by atoms with van der Waals surface area (Å²) < 4.78 is 32.2. The van der Waals surface area contributed by atoms with E-state index in [9.17, 15) is 119 Å². The number of carbonyl (C=O) groups excluding carboxylic acids is 9. The van der Waals surface area contributed by atoms with Crippen LogP contribution in [-0.4, -0.2) is 270 Å². The molecule has 9 amide bonds. The van der Waals surface area contributed by atoms with E-state index in [-0.39, 0.29) is 81.9 Å². The van der Waals surface area contributed by atoms with Crippen LogP contribution >= 0.6 is 11.8 Å². The van der Waals surface area contributed by atoms with E-state index in [1.807, 2.05) is 0 Å². The van der Waals surface area contributed by atoms with E-state index in [0.29, 0.717) is 54.1 Å². The van der Waals surface area contributed by atoms with Gasteiger partial charge in [0.2, 0.25) is 53.2 Å². The van der Waals surface area contributed by atoms with Crippen LogP contribution in [0, 0.1) is 18.6 Å². The van der Waals surface area contributed by atoms with Crippen LogP contribution in [0.25, 0.3) is 11.1 Å². The Labute approximate surface area is 657 Å². The number of nitrogens with zero attached hydrogens (tertiary/aromatic N) is 3. The molecule has 0 bridgehead atoms. The minimum atomic E-state index is -2.12. The van der Waals surface area contributed by atoms with Gasteiger partial charge < -0.3 is 110 Å². The maximum absolute atomic E-state index is 15.0. The molecule has 37 nitrogen and oxygen atoms in total. The van der Waals surface area contributed by atoms with Crippen LogP contribution in [0.3, 0.4) is 0 Å². The number of carboxylic acids is 2.